The van der Waals surface area contributed by atoms with Crippen LogP contribution >= 0.6 is 46.4 Å². The Hall–Kier alpha value is 0.300. The van der Waals surface area contributed by atoms with Crippen LogP contribution in [0.25, 0.3) is 0 Å². The third kappa shape index (κ3) is 1.96. The number of nitrogens with zero attached hydrogens (tertiary/aromatic N) is 3. The van der Waals surface area contributed by atoms with E-state index < -0.39 is 3.79 Å². The van der Waals surface area contributed by atoms with Gasteiger partial charge in [0.15, 0.2) is 10.8 Å². The maximum absolute atomic E-state index is 5.79. The predicted molar refractivity (Wildman–Crippen MR) is 49.9 cm³/mol. The number of aromatic nitrogens is 3. The van der Waals surface area contributed by atoms with E-state index in [1.165, 1.54) is 4.68 Å². The summed E-state index contributed by atoms with van der Waals surface area (Å²) in [7, 11) is 0. The van der Waals surface area contributed by atoms with E-state index in [2.05, 4.69) is 10.3 Å². The summed E-state index contributed by atoms with van der Waals surface area (Å²) in [6, 6.07) is 0. The summed E-state index contributed by atoms with van der Waals surface area (Å²) in [5.74, 6) is 0. The summed E-state index contributed by atoms with van der Waals surface area (Å²) < 4.78 is -0.163. The van der Waals surface area contributed by atoms with E-state index in [4.69, 9.17) is 46.4 Å². The Labute approximate surface area is 89.5 Å². The molecule has 0 fully saturated rings. The van der Waals surface area contributed by atoms with Crippen LogP contribution in [0.15, 0.2) is 0 Å². The highest BCUT2D eigenvalue weighted by Gasteiger charge is 2.30. The van der Waals surface area contributed by atoms with Gasteiger partial charge in [0.1, 0.15) is 0 Å². The molecule has 0 amide bonds. The van der Waals surface area contributed by atoms with Gasteiger partial charge in [-0.2, -0.15) is 0 Å². The Morgan fingerprint density at radius 2 is 2.00 bits per heavy atom. The number of halogens is 4. The minimum absolute atomic E-state index is 0.163. The van der Waals surface area contributed by atoms with Gasteiger partial charge in [0.05, 0.1) is 0 Å². The Morgan fingerprint density at radius 1 is 1.42 bits per heavy atom. The summed E-state index contributed by atoms with van der Waals surface area (Å²) in [5, 5.41) is 7.59. The van der Waals surface area contributed by atoms with Gasteiger partial charge in [-0.25, -0.2) is 4.68 Å². The molecule has 0 spiro atoms. The Balaban J connectivity index is 3.11. The number of alkyl halides is 3. The maximum atomic E-state index is 5.79. The van der Waals surface area contributed by atoms with Gasteiger partial charge >= 0.3 is 0 Å². The van der Waals surface area contributed by atoms with Crippen LogP contribution < -0.4 is 0 Å². The van der Waals surface area contributed by atoms with Gasteiger partial charge in [-0.05, 0) is 6.92 Å². The van der Waals surface area contributed by atoms with Gasteiger partial charge in [0.25, 0.3) is 0 Å². The van der Waals surface area contributed by atoms with Crippen molar-refractivity contribution in [2.45, 2.75) is 17.3 Å². The molecule has 12 heavy (non-hydrogen) atoms. The summed E-state index contributed by atoms with van der Waals surface area (Å²) in [6.07, 6.45) is 0. The van der Waals surface area contributed by atoms with Crippen molar-refractivity contribution in [3.63, 3.8) is 0 Å². The molecule has 3 nitrogen and oxygen atoms in total. The zero-order valence-electron chi connectivity index (χ0n) is 6.06. The van der Waals surface area contributed by atoms with Crippen LogP contribution in [0.2, 0.25) is 5.15 Å². The van der Waals surface area contributed by atoms with Gasteiger partial charge < -0.3 is 0 Å². The summed E-state index contributed by atoms with van der Waals surface area (Å²) in [4.78, 5) is 0. The van der Waals surface area contributed by atoms with E-state index in [1.54, 1.807) is 0 Å². The van der Waals surface area contributed by atoms with Crippen LogP contribution in [0.3, 0.4) is 0 Å². The third-order valence-corrected chi connectivity index (χ3v) is 2.15. The van der Waals surface area contributed by atoms with E-state index in [-0.39, 0.29) is 10.8 Å². The average Bonchev–Trinajstić information content (AvgIpc) is 2.29. The van der Waals surface area contributed by atoms with Crippen LogP contribution in [0, 0.1) is 0 Å². The summed E-state index contributed by atoms with van der Waals surface area (Å²) >= 11 is 22.5. The van der Waals surface area contributed by atoms with Gasteiger partial charge in [-0.1, -0.05) is 51.6 Å². The van der Waals surface area contributed by atoms with E-state index in [0.29, 0.717) is 6.54 Å². The lowest BCUT2D eigenvalue weighted by atomic mass is 10.5. The molecule has 1 aromatic rings. The monoisotopic (exact) mass is 247 g/mol. The van der Waals surface area contributed by atoms with Gasteiger partial charge in [0, 0.05) is 6.54 Å². The molecular formula is C5H5Cl4N3. The van der Waals surface area contributed by atoms with Crippen LogP contribution in [0.1, 0.15) is 12.6 Å². The summed E-state index contributed by atoms with van der Waals surface area (Å²) in [6.45, 7) is 2.45. The molecule has 0 bridgehead atoms. The van der Waals surface area contributed by atoms with Crippen molar-refractivity contribution in [2.75, 3.05) is 0 Å². The topological polar surface area (TPSA) is 30.7 Å². The average molecular weight is 249 g/mol. The first-order chi connectivity index (χ1) is 5.46. The van der Waals surface area contributed by atoms with Crippen LogP contribution in [-0.4, -0.2) is 15.0 Å². The largest absolute Gasteiger partial charge is 0.237 e. The molecule has 0 N–H and O–H groups in total. The molecule has 0 aromatic carbocycles. The molecule has 7 heteroatoms. The SMILES string of the molecule is CCn1nnc(C(Cl)(Cl)Cl)c1Cl. The molecule has 0 atom stereocenters. The Morgan fingerprint density at radius 3 is 2.25 bits per heavy atom. The van der Waals surface area contributed by atoms with Crippen LogP contribution in [0.5, 0.6) is 0 Å². The van der Waals surface area contributed by atoms with E-state index >= 15 is 0 Å². The van der Waals surface area contributed by atoms with Gasteiger partial charge in [-0.3, -0.25) is 0 Å². The normalized spacial score (nSPS) is 12.1. The van der Waals surface area contributed by atoms with Crippen molar-refractivity contribution in [2.24, 2.45) is 0 Å². The lowest BCUT2D eigenvalue weighted by Gasteiger charge is -2.06. The van der Waals surface area contributed by atoms with Crippen molar-refractivity contribution >= 4 is 46.4 Å². The van der Waals surface area contributed by atoms with Crippen molar-refractivity contribution in [1.82, 2.24) is 15.0 Å². The second kappa shape index (κ2) is 3.58. The lowest BCUT2D eigenvalue weighted by molar-refractivity contribution is 0.627. The molecule has 0 aliphatic carbocycles. The molecule has 0 saturated heterocycles. The fraction of sp³-hybridized carbons (Fsp3) is 0.600. The second-order valence-corrected chi connectivity index (χ2v) is 4.68. The number of aryl methyl sites for hydroxylation is 1. The molecule has 68 valence electrons. The highest BCUT2D eigenvalue weighted by Crippen LogP contribution is 2.40. The molecule has 0 aliphatic heterocycles. The van der Waals surface area contributed by atoms with E-state index in [1.807, 2.05) is 6.92 Å². The van der Waals surface area contributed by atoms with E-state index in [9.17, 15) is 0 Å². The first-order valence-corrected chi connectivity index (χ1v) is 4.64. The quantitative estimate of drug-likeness (QED) is 0.716. The standard InChI is InChI=1S/C5H5Cl4N3/c1-2-12-4(6)3(10-11-12)5(7,8)9/h2H2,1H3. The molecule has 0 radical (unpaired) electrons. The molecule has 0 aliphatic rings. The van der Waals surface area contributed by atoms with Crippen molar-refractivity contribution in [3.8, 4) is 0 Å². The minimum atomic E-state index is -1.61. The molecule has 0 saturated carbocycles. The fourth-order valence-electron chi connectivity index (χ4n) is 0.677. The first kappa shape index (κ1) is 10.4. The number of hydrogen-bond acceptors (Lipinski definition) is 2. The maximum Gasteiger partial charge on any atom is 0.237 e. The van der Waals surface area contributed by atoms with Crippen molar-refractivity contribution in [3.05, 3.63) is 10.8 Å². The molecule has 1 heterocycles. The van der Waals surface area contributed by atoms with E-state index in [0.717, 1.165) is 0 Å². The fourth-order valence-corrected chi connectivity index (χ4v) is 1.54. The van der Waals surface area contributed by atoms with Gasteiger partial charge in [0.2, 0.25) is 3.79 Å². The molecule has 1 aromatic heterocycles. The smallest absolute Gasteiger partial charge is 0.234 e. The zero-order valence-corrected chi connectivity index (χ0v) is 9.08. The Bertz CT molecular complexity index is 277. The van der Waals surface area contributed by atoms with Crippen LogP contribution in [0.4, 0.5) is 0 Å². The molecule has 0 unspecified atom stereocenters. The minimum Gasteiger partial charge on any atom is -0.234 e. The highest BCUT2D eigenvalue weighted by molar-refractivity contribution is 6.67. The third-order valence-electron chi connectivity index (χ3n) is 1.24. The Kier molecular flexibility index (Phi) is 3.10. The molecule has 1 rings (SSSR count). The number of hydrogen-bond donors (Lipinski definition) is 0. The first-order valence-electron chi connectivity index (χ1n) is 3.13. The van der Waals surface area contributed by atoms with Crippen molar-refractivity contribution < 1.29 is 0 Å². The number of rotatable bonds is 1. The second-order valence-electron chi connectivity index (χ2n) is 2.04. The van der Waals surface area contributed by atoms with Gasteiger partial charge in [-0.15, -0.1) is 5.10 Å². The highest BCUT2D eigenvalue weighted by atomic mass is 35.6. The molecular weight excluding hydrogens is 244 g/mol. The van der Waals surface area contributed by atoms with Crippen molar-refractivity contribution in [1.29, 1.82) is 0 Å². The summed E-state index contributed by atoms with van der Waals surface area (Å²) in [5.41, 5.74) is 0.163. The zero-order chi connectivity index (χ0) is 9.35. The van der Waals surface area contributed by atoms with Crippen LogP contribution in [-0.2, 0) is 10.3 Å². The predicted octanol–water partition coefficient (Wildman–Crippen LogP) is 2.78. The lowest BCUT2D eigenvalue weighted by Crippen LogP contribution is -2.02.